The zero-order valence-corrected chi connectivity index (χ0v) is 10.0. The minimum Gasteiger partial charge on any atom is -0.327 e. The molecule has 1 atom stereocenters. The quantitative estimate of drug-likeness (QED) is 0.886. The zero-order valence-electron chi connectivity index (χ0n) is 9.28. The van der Waals surface area contributed by atoms with Gasteiger partial charge in [-0.25, -0.2) is 0 Å². The summed E-state index contributed by atoms with van der Waals surface area (Å²) in [6, 6.07) is 8.02. The highest BCUT2D eigenvalue weighted by Crippen LogP contribution is 2.25. The molecule has 1 heterocycles. The summed E-state index contributed by atoms with van der Waals surface area (Å²) >= 11 is 6.13. The third kappa shape index (κ3) is 2.18. The molecule has 3 heteroatoms. The number of nitrogens with two attached hydrogens (primary N) is 1. The fourth-order valence-electron chi connectivity index (χ4n) is 1.79. The Balaban J connectivity index is 2.50. The van der Waals surface area contributed by atoms with E-state index in [0.29, 0.717) is 0 Å². The van der Waals surface area contributed by atoms with Crippen LogP contribution in [0.2, 0.25) is 5.02 Å². The third-order valence-electron chi connectivity index (χ3n) is 2.81. The molecule has 16 heavy (non-hydrogen) atoms. The van der Waals surface area contributed by atoms with Crippen LogP contribution in [0, 0.1) is 0 Å². The van der Waals surface area contributed by atoms with E-state index in [1.807, 2.05) is 24.3 Å². The van der Waals surface area contributed by atoms with Crippen molar-refractivity contribution in [3.05, 3.63) is 41.0 Å². The van der Waals surface area contributed by atoms with E-state index < -0.39 is 0 Å². The number of hydrogen-bond donors (Lipinski definition) is 1. The summed E-state index contributed by atoms with van der Waals surface area (Å²) in [7, 11) is 0. The highest BCUT2D eigenvalue weighted by molar-refractivity contribution is 6.35. The molecule has 0 saturated heterocycles. The van der Waals surface area contributed by atoms with Crippen molar-refractivity contribution in [1.82, 2.24) is 4.98 Å². The fourth-order valence-corrected chi connectivity index (χ4v) is 2.00. The molecule has 2 rings (SSSR count). The lowest BCUT2D eigenvalue weighted by molar-refractivity contribution is 0.648. The Kier molecular flexibility index (Phi) is 3.42. The van der Waals surface area contributed by atoms with Gasteiger partial charge in [-0.1, -0.05) is 24.6 Å². The lowest BCUT2D eigenvalue weighted by Crippen LogP contribution is -2.21. The van der Waals surface area contributed by atoms with Gasteiger partial charge in [-0.05, 0) is 36.6 Å². The minimum atomic E-state index is 0.186. The largest absolute Gasteiger partial charge is 0.327 e. The number of nitrogens with zero attached hydrogens (tertiary/aromatic N) is 1. The summed E-state index contributed by atoms with van der Waals surface area (Å²) in [5.74, 6) is 0. The summed E-state index contributed by atoms with van der Waals surface area (Å²) in [4.78, 5) is 4.39. The highest BCUT2D eigenvalue weighted by atomic mass is 35.5. The zero-order chi connectivity index (χ0) is 11.5. The van der Waals surface area contributed by atoms with Crippen LogP contribution in [0.1, 0.15) is 18.9 Å². The van der Waals surface area contributed by atoms with Crippen LogP contribution in [-0.2, 0) is 6.42 Å². The van der Waals surface area contributed by atoms with Crippen molar-refractivity contribution in [3.63, 3.8) is 0 Å². The first-order valence-corrected chi connectivity index (χ1v) is 5.88. The molecule has 0 bridgehead atoms. The predicted molar refractivity (Wildman–Crippen MR) is 68.7 cm³/mol. The Bertz CT molecular complexity index is 496. The fraction of sp³-hybridized carbons (Fsp3) is 0.308. The van der Waals surface area contributed by atoms with Gasteiger partial charge in [0, 0.05) is 22.6 Å². The van der Waals surface area contributed by atoms with Crippen LogP contribution in [0.4, 0.5) is 0 Å². The smallest absolute Gasteiger partial charge is 0.0749 e. The summed E-state index contributed by atoms with van der Waals surface area (Å²) in [6.07, 6.45) is 3.61. The van der Waals surface area contributed by atoms with Crippen LogP contribution in [0.15, 0.2) is 30.5 Å². The molecule has 0 radical (unpaired) electrons. The van der Waals surface area contributed by atoms with Gasteiger partial charge in [-0.3, -0.25) is 4.98 Å². The van der Waals surface area contributed by atoms with Crippen molar-refractivity contribution in [2.45, 2.75) is 25.8 Å². The maximum absolute atomic E-state index is 6.13. The summed E-state index contributed by atoms with van der Waals surface area (Å²) in [5, 5.41) is 1.75. The van der Waals surface area contributed by atoms with Gasteiger partial charge < -0.3 is 5.73 Å². The molecule has 2 N–H and O–H groups in total. The van der Waals surface area contributed by atoms with Crippen LogP contribution in [0.3, 0.4) is 0 Å². The van der Waals surface area contributed by atoms with Crippen LogP contribution >= 0.6 is 11.6 Å². The SMILES string of the molecule is CCC(N)Cc1ccc(Cl)c2cccnc12. The molecule has 0 aliphatic heterocycles. The average Bonchev–Trinajstić information content (AvgIpc) is 2.33. The number of hydrogen-bond acceptors (Lipinski definition) is 2. The Morgan fingerprint density at radius 3 is 2.94 bits per heavy atom. The monoisotopic (exact) mass is 234 g/mol. The van der Waals surface area contributed by atoms with Crippen molar-refractivity contribution >= 4 is 22.5 Å². The average molecular weight is 235 g/mol. The van der Waals surface area contributed by atoms with Crippen LogP contribution in [-0.4, -0.2) is 11.0 Å². The Hall–Kier alpha value is -1.12. The van der Waals surface area contributed by atoms with Gasteiger partial charge in [0.15, 0.2) is 0 Å². The van der Waals surface area contributed by atoms with Crippen molar-refractivity contribution in [3.8, 4) is 0 Å². The first-order chi connectivity index (χ1) is 7.72. The summed E-state index contributed by atoms with van der Waals surface area (Å²) in [6.45, 7) is 2.09. The van der Waals surface area contributed by atoms with Gasteiger partial charge in [0.25, 0.3) is 0 Å². The maximum atomic E-state index is 6.13. The first kappa shape index (κ1) is 11.4. The van der Waals surface area contributed by atoms with Gasteiger partial charge in [0.1, 0.15) is 0 Å². The molecule has 2 aromatic rings. The van der Waals surface area contributed by atoms with Crippen LogP contribution in [0.5, 0.6) is 0 Å². The second-order valence-electron chi connectivity index (χ2n) is 3.98. The predicted octanol–water partition coefficient (Wildman–Crippen LogP) is 3.17. The molecule has 0 fully saturated rings. The van der Waals surface area contributed by atoms with Gasteiger partial charge >= 0.3 is 0 Å². The van der Waals surface area contributed by atoms with Crippen molar-refractivity contribution in [2.24, 2.45) is 5.73 Å². The second-order valence-corrected chi connectivity index (χ2v) is 4.39. The van der Waals surface area contributed by atoms with E-state index in [-0.39, 0.29) is 6.04 Å². The van der Waals surface area contributed by atoms with Crippen LogP contribution < -0.4 is 5.73 Å². The number of fused-ring (bicyclic) bond motifs is 1. The molecule has 0 spiro atoms. The van der Waals surface area contributed by atoms with Gasteiger partial charge in [-0.15, -0.1) is 0 Å². The molecule has 1 unspecified atom stereocenters. The first-order valence-electron chi connectivity index (χ1n) is 5.50. The molecule has 84 valence electrons. The summed E-state index contributed by atoms with van der Waals surface area (Å²) < 4.78 is 0. The second kappa shape index (κ2) is 4.81. The molecule has 1 aromatic carbocycles. The molecule has 0 amide bonds. The van der Waals surface area contributed by atoms with Crippen molar-refractivity contribution in [2.75, 3.05) is 0 Å². The third-order valence-corrected chi connectivity index (χ3v) is 3.14. The van der Waals surface area contributed by atoms with Crippen molar-refractivity contribution in [1.29, 1.82) is 0 Å². The van der Waals surface area contributed by atoms with E-state index >= 15 is 0 Å². The van der Waals surface area contributed by atoms with E-state index in [1.165, 1.54) is 5.56 Å². The highest BCUT2D eigenvalue weighted by Gasteiger charge is 2.08. The minimum absolute atomic E-state index is 0.186. The summed E-state index contributed by atoms with van der Waals surface area (Å²) in [5.41, 5.74) is 8.12. The number of aromatic nitrogens is 1. The van der Waals surface area contributed by atoms with Gasteiger partial charge in [-0.2, -0.15) is 0 Å². The molecular formula is C13H15ClN2. The van der Waals surface area contributed by atoms with Gasteiger partial charge in [0.05, 0.1) is 5.52 Å². The number of rotatable bonds is 3. The Morgan fingerprint density at radius 2 is 2.19 bits per heavy atom. The molecule has 0 saturated carbocycles. The normalized spacial score (nSPS) is 12.9. The van der Waals surface area contributed by atoms with Gasteiger partial charge in [0.2, 0.25) is 0 Å². The van der Waals surface area contributed by atoms with E-state index in [2.05, 4.69) is 11.9 Å². The molecule has 0 aliphatic carbocycles. The molecule has 0 aliphatic rings. The van der Waals surface area contributed by atoms with Crippen LogP contribution in [0.25, 0.3) is 10.9 Å². The standard InChI is InChI=1S/C13H15ClN2/c1-2-10(15)8-9-5-6-12(14)11-4-3-7-16-13(9)11/h3-7,10H,2,8,15H2,1H3. The number of halogens is 1. The van der Waals surface area contributed by atoms with E-state index in [9.17, 15) is 0 Å². The van der Waals surface area contributed by atoms with Crippen molar-refractivity contribution < 1.29 is 0 Å². The van der Waals surface area contributed by atoms with E-state index in [0.717, 1.165) is 28.8 Å². The molecule has 2 nitrogen and oxygen atoms in total. The Labute approximate surface area is 100 Å². The van der Waals surface area contributed by atoms with E-state index in [1.54, 1.807) is 6.20 Å². The molecular weight excluding hydrogens is 220 g/mol. The number of pyridine rings is 1. The Morgan fingerprint density at radius 1 is 1.38 bits per heavy atom. The van der Waals surface area contributed by atoms with E-state index in [4.69, 9.17) is 17.3 Å². The lowest BCUT2D eigenvalue weighted by Gasteiger charge is -2.11. The molecule has 1 aromatic heterocycles. The topological polar surface area (TPSA) is 38.9 Å². The maximum Gasteiger partial charge on any atom is 0.0749 e. The lowest BCUT2D eigenvalue weighted by atomic mass is 10.0. The number of benzene rings is 1.